The van der Waals surface area contributed by atoms with Gasteiger partial charge in [-0.05, 0) is 41.7 Å². The molecule has 4 aromatic rings. The van der Waals surface area contributed by atoms with E-state index < -0.39 is 10.9 Å². The Bertz CT molecular complexity index is 1320. The lowest BCUT2D eigenvalue weighted by Crippen LogP contribution is -2.41. The topological polar surface area (TPSA) is 96.0 Å². The van der Waals surface area contributed by atoms with E-state index in [9.17, 15) is 9.59 Å². The van der Waals surface area contributed by atoms with Crippen LogP contribution in [0.5, 0.6) is 0 Å². The van der Waals surface area contributed by atoms with E-state index in [-0.39, 0.29) is 17.1 Å². The van der Waals surface area contributed by atoms with Gasteiger partial charge in [-0.3, -0.25) is 9.59 Å². The molecule has 1 aromatic heterocycles. The summed E-state index contributed by atoms with van der Waals surface area (Å²) < 4.78 is 0. The number of hydrogen-bond acceptors (Lipinski definition) is 7. The maximum Gasteiger partial charge on any atom is 0.253 e. The van der Waals surface area contributed by atoms with E-state index >= 15 is 0 Å². The van der Waals surface area contributed by atoms with E-state index in [1.165, 1.54) is 0 Å². The van der Waals surface area contributed by atoms with Crippen molar-refractivity contribution in [1.82, 2.24) is 9.97 Å². The van der Waals surface area contributed by atoms with Crippen LogP contribution in [0.3, 0.4) is 0 Å². The fourth-order valence-corrected chi connectivity index (χ4v) is 3.20. The average Bonchev–Trinajstić information content (AvgIpc) is 2.81. The number of nitrogens with zero attached hydrogens (tertiary/aromatic N) is 2. The molecule has 1 heterocycles. The molecule has 0 amide bonds. The van der Waals surface area contributed by atoms with Gasteiger partial charge in [0.1, 0.15) is 17.2 Å². The SMILES string of the molecule is CC(Nc1c(Nc2ccnc(Nc3ccc(-c4ccccc4)cc3)n2)c(=O)c1=O)C(C)(C)C. The Hall–Kier alpha value is -4.00. The second kappa shape index (κ2) is 8.86. The van der Waals surface area contributed by atoms with E-state index in [1.807, 2.05) is 49.4 Å². The van der Waals surface area contributed by atoms with Crippen LogP contribution in [-0.4, -0.2) is 16.0 Å². The molecule has 0 saturated heterocycles. The number of anilines is 5. The highest BCUT2D eigenvalue weighted by Crippen LogP contribution is 2.27. The van der Waals surface area contributed by atoms with Gasteiger partial charge in [0.25, 0.3) is 10.9 Å². The van der Waals surface area contributed by atoms with Crippen LogP contribution in [0, 0.1) is 5.41 Å². The molecule has 0 saturated carbocycles. The quantitative estimate of drug-likeness (QED) is 0.344. The third kappa shape index (κ3) is 4.92. The first-order chi connectivity index (χ1) is 15.7. The van der Waals surface area contributed by atoms with Gasteiger partial charge in [0.2, 0.25) is 5.95 Å². The normalized spacial score (nSPS) is 12.4. The van der Waals surface area contributed by atoms with Crippen LogP contribution >= 0.6 is 0 Å². The minimum atomic E-state index is -0.553. The number of aromatic nitrogens is 2. The Morgan fingerprint density at radius 1 is 0.788 bits per heavy atom. The molecular formula is C26H27N5O2. The van der Waals surface area contributed by atoms with Gasteiger partial charge >= 0.3 is 0 Å². The Kier molecular flexibility index (Phi) is 5.96. The van der Waals surface area contributed by atoms with E-state index in [4.69, 9.17) is 0 Å². The van der Waals surface area contributed by atoms with Crippen molar-refractivity contribution in [3.63, 3.8) is 0 Å². The Morgan fingerprint density at radius 3 is 2.09 bits per heavy atom. The second-order valence-electron chi connectivity index (χ2n) is 9.10. The smallest absolute Gasteiger partial charge is 0.253 e. The molecule has 1 unspecified atom stereocenters. The van der Waals surface area contributed by atoms with E-state index in [1.54, 1.807) is 12.3 Å². The first-order valence-electron chi connectivity index (χ1n) is 10.8. The molecule has 3 aromatic carbocycles. The average molecular weight is 442 g/mol. The van der Waals surface area contributed by atoms with Gasteiger partial charge in [-0.2, -0.15) is 4.98 Å². The summed E-state index contributed by atoms with van der Waals surface area (Å²) >= 11 is 0. The summed E-state index contributed by atoms with van der Waals surface area (Å²) in [7, 11) is 0. The monoisotopic (exact) mass is 441 g/mol. The van der Waals surface area contributed by atoms with Crippen LogP contribution in [0.4, 0.5) is 28.8 Å². The number of nitrogens with one attached hydrogen (secondary N) is 3. The van der Waals surface area contributed by atoms with Gasteiger partial charge in [-0.25, -0.2) is 4.98 Å². The second-order valence-corrected chi connectivity index (χ2v) is 9.10. The molecule has 7 nitrogen and oxygen atoms in total. The Labute approximate surface area is 192 Å². The molecule has 0 aliphatic carbocycles. The molecule has 168 valence electrons. The van der Waals surface area contributed by atoms with Gasteiger partial charge < -0.3 is 16.0 Å². The minimum Gasteiger partial charge on any atom is -0.377 e. The van der Waals surface area contributed by atoms with Crippen LogP contribution in [0.25, 0.3) is 11.1 Å². The highest BCUT2D eigenvalue weighted by Gasteiger charge is 2.27. The summed E-state index contributed by atoms with van der Waals surface area (Å²) in [5.74, 6) is 0.802. The summed E-state index contributed by atoms with van der Waals surface area (Å²) in [6.45, 7) is 8.19. The maximum absolute atomic E-state index is 12.2. The fraction of sp³-hybridized carbons (Fsp3) is 0.231. The third-order valence-electron chi connectivity index (χ3n) is 5.73. The molecule has 7 heteroatoms. The van der Waals surface area contributed by atoms with Crippen molar-refractivity contribution in [2.75, 3.05) is 16.0 Å². The zero-order valence-corrected chi connectivity index (χ0v) is 19.1. The van der Waals surface area contributed by atoms with Crippen LogP contribution < -0.4 is 26.8 Å². The van der Waals surface area contributed by atoms with Crippen LogP contribution in [0.15, 0.2) is 76.4 Å². The van der Waals surface area contributed by atoms with E-state index in [2.05, 4.69) is 58.8 Å². The highest BCUT2D eigenvalue weighted by atomic mass is 16.2. The van der Waals surface area contributed by atoms with Crippen molar-refractivity contribution in [1.29, 1.82) is 0 Å². The van der Waals surface area contributed by atoms with Crippen molar-refractivity contribution >= 4 is 28.8 Å². The van der Waals surface area contributed by atoms with Gasteiger partial charge in [0.05, 0.1) is 0 Å². The molecule has 33 heavy (non-hydrogen) atoms. The lowest BCUT2D eigenvalue weighted by molar-refractivity contribution is 0.359. The Balaban J connectivity index is 1.48. The molecule has 0 bridgehead atoms. The van der Waals surface area contributed by atoms with Crippen LogP contribution in [0.2, 0.25) is 0 Å². The maximum atomic E-state index is 12.2. The molecule has 3 N–H and O–H groups in total. The van der Waals surface area contributed by atoms with Crippen LogP contribution in [0.1, 0.15) is 27.7 Å². The summed E-state index contributed by atoms with van der Waals surface area (Å²) in [5.41, 5.74) is 2.48. The van der Waals surface area contributed by atoms with Gasteiger partial charge in [0, 0.05) is 17.9 Å². The summed E-state index contributed by atoms with van der Waals surface area (Å²) in [4.78, 5) is 33.0. The van der Waals surface area contributed by atoms with Crippen molar-refractivity contribution in [3.8, 4) is 11.1 Å². The predicted molar refractivity (Wildman–Crippen MR) is 134 cm³/mol. The minimum absolute atomic E-state index is 0.00262. The molecule has 0 aliphatic heterocycles. The number of rotatable bonds is 7. The number of benzene rings is 2. The molecule has 0 aliphatic rings. The largest absolute Gasteiger partial charge is 0.377 e. The predicted octanol–water partition coefficient (Wildman–Crippen LogP) is 5.07. The first kappa shape index (κ1) is 22.2. The zero-order chi connectivity index (χ0) is 23.6. The van der Waals surface area contributed by atoms with Gasteiger partial charge in [-0.1, -0.05) is 63.2 Å². The van der Waals surface area contributed by atoms with E-state index in [0.29, 0.717) is 17.5 Å². The van der Waals surface area contributed by atoms with Gasteiger partial charge in [-0.15, -0.1) is 0 Å². The van der Waals surface area contributed by atoms with E-state index in [0.717, 1.165) is 16.8 Å². The third-order valence-corrected chi connectivity index (χ3v) is 5.73. The Morgan fingerprint density at radius 2 is 1.42 bits per heavy atom. The molecular weight excluding hydrogens is 414 g/mol. The zero-order valence-electron chi connectivity index (χ0n) is 19.1. The van der Waals surface area contributed by atoms with Crippen molar-refractivity contribution in [3.05, 3.63) is 87.3 Å². The molecule has 4 rings (SSSR count). The van der Waals surface area contributed by atoms with Crippen molar-refractivity contribution in [2.45, 2.75) is 33.7 Å². The molecule has 1 atom stereocenters. The lowest BCUT2D eigenvalue weighted by atomic mass is 9.87. The fourth-order valence-electron chi connectivity index (χ4n) is 3.20. The summed E-state index contributed by atoms with van der Waals surface area (Å²) in [5, 5.41) is 9.32. The summed E-state index contributed by atoms with van der Waals surface area (Å²) in [6, 6.07) is 19.8. The first-order valence-corrected chi connectivity index (χ1v) is 10.8. The highest BCUT2D eigenvalue weighted by molar-refractivity contribution is 5.78. The molecule has 0 spiro atoms. The van der Waals surface area contributed by atoms with Crippen LogP contribution in [-0.2, 0) is 0 Å². The van der Waals surface area contributed by atoms with Crippen molar-refractivity contribution in [2.24, 2.45) is 5.41 Å². The van der Waals surface area contributed by atoms with Gasteiger partial charge in [0.15, 0.2) is 0 Å². The summed E-state index contributed by atoms with van der Waals surface area (Å²) in [6.07, 6.45) is 1.59. The number of hydrogen-bond donors (Lipinski definition) is 3. The lowest BCUT2D eigenvalue weighted by Gasteiger charge is -2.30. The van der Waals surface area contributed by atoms with Crippen molar-refractivity contribution < 1.29 is 0 Å². The molecule has 0 fully saturated rings. The standard InChI is InChI=1S/C26H27N5O2/c1-16(26(2,3)4)28-21-22(24(33)23(21)32)30-20-14-15-27-25(31-20)29-19-12-10-18(11-13-19)17-8-6-5-7-9-17/h5-16,28H,1-4H3,(H2,27,29,30,31). The molecule has 0 radical (unpaired) electrons.